The summed E-state index contributed by atoms with van der Waals surface area (Å²) in [6, 6.07) is 15.8. The summed E-state index contributed by atoms with van der Waals surface area (Å²) >= 11 is 0. The number of quaternary nitrogens is 1. The highest BCUT2D eigenvalue weighted by Crippen LogP contribution is 2.17. The van der Waals surface area contributed by atoms with Gasteiger partial charge in [0.15, 0.2) is 0 Å². The number of benzene rings is 2. The van der Waals surface area contributed by atoms with Crippen LogP contribution >= 0.6 is 0 Å². The lowest BCUT2D eigenvalue weighted by Gasteiger charge is -2.32. The van der Waals surface area contributed by atoms with E-state index in [0.29, 0.717) is 5.56 Å². The van der Waals surface area contributed by atoms with E-state index in [1.54, 1.807) is 7.11 Å². The van der Waals surface area contributed by atoms with Crippen LogP contribution in [0.3, 0.4) is 0 Å². The summed E-state index contributed by atoms with van der Waals surface area (Å²) in [5, 5.41) is 1.30. The molecule has 4 rings (SSSR count). The molecule has 2 aromatic carbocycles. The van der Waals surface area contributed by atoms with E-state index in [-0.39, 0.29) is 5.91 Å². The molecule has 0 atom stereocenters. The Morgan fingerprint density at radius 3 is 2.77 bits per heavy atom. The van der Waals surface area contributed by atoms with Crippen molar-refractivity contribution in [1.29, 1.82) is 0 Å². The first kappa shape index (κ1) is 16.7. The van der Waals surface area contributed by atoms with E-state index in [2.05, 4.69) is 35.4 Å². The molecule has 0 radical (unpaired) electrons. The third-order valence-corrected chi connectivity index (χ3v) is 5.19. The molecule has 1 aromatic heterocycles. The van der Waals surface area contributed by atoms with Gasteiger partial charge in [-0.1, -0.05) is 24.3 Å². The molecular weight excluding hydrogens is 326 g/mol. The second kappa shape index (κ2) is 7.22. The molecule has 5 nitrogen and oxygen atoms in total. The molecule has 1 fully saturated rings. The maximum atomic E-state index is 12.7. The second-order valence-corrected chi connectivity index (χ2v) is 6.81. The number of fused-ring (bicyclic) bond motifs is 1. The largest absolute Gasteiger partial charge is 0.497 e. The van der Waals surface area contributed by atoms with Crippen LogP contribution in [0, 0.1) is 0 Å². The smallest absolute Gasteiger partial charge is 0.254 e. The van der Waals surface area contributed by atoms with Gasteiger partial charge in [0.25, 0.3) is 5.91 Å². The van der Waals surface area contributed by atoms with Gasteiger partial charge < -0.3 is 19.5 Å². The SMILES string of the molecule is COc1cccc(C(=O)N2CC[NH+](Cc3c[nH]c4ccccc34)CC2)c1. The molecule has 0 aliphatic carbocycles. The monoisotopic (exact) mass is 350 g/mol. The van der Waals surface area contributed by atoms with E-state index < -0.39 is 0 Å². The second-order valence-electron chi connectivity index (χ2n) is 6.81. The van der Waals surface area contributed by atoms with E-state index in [1.165, 1.54) is 21.4 Å². The van der Waals surface area contributed by atoms with Crippen LogP contribution in [0.25, 0.3) is 10.9 Å². The number of aromatic amines is 1. The molecule has 1 saturated heterocycles. The van der Waals surface area contributed by atoms with Gasteiger partial charge in [-0.25, -0.2) is 0 Å². The average Bonchev–Trinajstić information content (AvgIpc) is 3.11. The van der Waals surface area contributed by atoms with Crippen molar-refractivity contribution in [1.82, 2.24) is 9.88 Å². The quantitative estimate of drug-likeness (QED) is 0.753. The van der Waals surface area contributed by atoms with Gasteiger partial charge in [-0.05, 0) is 24.3 Å². The van der Waals surface area contributed by atoms with Gasteiger partial charge in [-0.3, -0.25) is 4.79 Å². The number of amides is 1. The zero-order valence-electron chi connectivity index (χ0n) is 15.0. The topological polar surface area (TPSA) is 49.8 Å². The van der Waals surface area contributed by atoms with Crippen LogP contribution in [-0.2, 0) is 6.54 Å². The zero-order valence-corrected chi connectivity index (χ0v) is 15.0. The number of hydrogen-bond acceptors (Lipinski definition) is 2. The summed E-state index contributed by atoms with van der Waals surface area (Å²) in [7, 11) is 1.62. The number of H-pyrrole nitrogens is 1. The molecule has 26 heavy (non-hydrogen) atoms. The summed E-state index contributed by atoms with van der Waals surface area (Å²) in [6.45, 7) is 4.50. The molecule has 0 spiro atoms. The zero-order chi connectivity index (χ0) is 17.9. The van der Waals surface area contributed by atoms with E-state index in [4.69, 9.17) is 4.74 Å². The van der Waals surface area contributed by atoms with E-state index in [9.17, 15) is 4.79 Å². The van der Waals surface area contributed by atoms with Crippen LogP contribution in [0.2, 0.25) is 0 Å². The van der Waals surface area contributed by atoms with Crippen LogP contribution in [0.5, 0.6) is 5.75 Å². The fourth-order valence-corrected chi connectivity index (χ4v) is 3.69. The number of hydrogen-bond donors (Lipinski definition) is 2. The highest BCUT2D eigenvalue weighted by molar-refractivity contribution is 5.94. The minimum atomic E-state index is 0.0926. The Hall–Kier alpha value is -2.79. The summed E-state index contributed by atoms with van der Waals surface area (Å²) in [6.07, 6.45) is 2.12. The Bertz CT molecular complexity index is 910. The average molecular weight is 350 g/mol. The molecule has 0 bridgehead atoms. The van der Waals surface area contributed by atoms with Crippen LogP contribution in [-0.4, -0.2) is 49.1 Å². The highest BCUT2D eigenvalue weighted by Gasteiger charge is 2.25. The number of ether oxygens (including phenoxy) is 1. The first-order valence-electron chi connectivity index (χ1n) is 9.06. The highest BCUT2D eigenvalue weighted by atomic mass is 16.5. The maximum Gasteiger partial charge on any atom is 0.254 e. The van der Waals surface area contributed by atoms with Crippen molar-refractivity contribution in [2.45, 2.75) is 6.54 Å². The number of carbonyl (C=O) groups is 1. The number of rotatable bonds is 4. The number of para-hydroxylation sites is 1. The first-order chi connectivity index (χ1) is 12.7. The van der Waals surface area contributed by atoms with Gasteiger partial charge in [-0.2, -0.15) is 0 Å². The van der Waals surface area contributed by atoms with Crippen LogP contribution in [0.1, 0.15) is 15.9 Å². The third-order valence-electron chi connectivity index (χ3n) is 5.19. The molecule has 134 valence electrons. The molecule has 5 heteroatoms. The lowest BCUT2D eigenvalue weighted by atomic mass is 10.1. The van der Waals surface area contributed by atoms with Gasteiger partial charge in [0.1, 0.15) is 12.3 Å². The van der Waals surface area contributed by atoms with Crippen LogP contribution in [0.4, 0.5) is 0 Å². The van der Waals surface area contributed by atoms with Crippen molar-refractivity contribution in [2.75, 3.05) is 33.3 Å². The summed E-state index contributed by atoms with van der Waals surface area (Å²) in [5.41, 5.74) is 3.24. The Balaban J connectivity index is 1.38. The summed E-state index contributed by atoms with van der Waals surface area (Å²) in [4.78, 5) is 19.5. The van der Waals surface area contributed by atoms with E-state index in [1.807, 2.05) is 29.2 Å². The van der Waals surface area contributed by atoms with Crippen molar-refractivity contribution in [2.24, 2.45) is 0 Å². The van der Waals surface area contributed by atoms with E-state index in [0.717, 1.165) is 38.5 Å². The van der Waals surface area contributed by atoms with Crippen molar-refractivity contribution < 1.29 is 14.4 Å². The Morgan fingerprint density at radius 1 is 1.15 bits per heavy atom. The van der Waals surface area contributed by atoms with Crippen molar-refractivity contribution >= 4 is 16.8 Å². The van der Waals surface area contributed by atoms with Gasteiger partial charge in [0.2, 0.25) is 0 Å². The summed E-state index contributed by atoms with van der Waals surface area (Å²) in [5.74, 6) is 0.814. The molecule has 2 N–H and O–H groups in total. The molecule has 1 aliphatic rings. The van der Waals surface area contributed by atoms with Gasteiger partial charge in [0.05, 0.1) is 33.3 Å². The van der Waals surface area contributed by atoms with Crippen LogP contribution < -0.4 is 9.64 Å². The van der Waals surface area contributed by atoms with Crippen LogP contribution in [0.15, 0.2) is 54.7 Å². The predicted octanol–water partition coefficient (Wildman–Crippen LogP) is 1.72. The van der Waals surface area contributed by atoms with Crippen molar-refractivity contribution in [3.63, 3.8) is 0 Å². The lowest BCUT2D eigenvalue weighted by Crippen LogP contribution is -3.13. The minimum Gasteiger partial charge on any atom is -0.497 e. The number of methoxy groups -OCH3 is 1. The number of nitrogens with one attached hydrogen (secondary N) is 2. The van der Waals surface area contributed by atoms with Gasteiger partial charge >= 0.3 is 0 Å². The number of aromatic nitrogens is 1. The van der Waals surface area contributed by atoms with Crippen molar-refractivity contribution in [3.05, 3.63) is 65.9 Å². The fraction of sp³-hybridized carbons (Fsp3) is 0.286. The van der Waals surface area contributed by atoms with Gasteiger partial charge in [-0.15, -0.1) is 0 Å². The minimum absolute atomic E-state index is 0.0926. The lowest BCUT2D eigenvalue weighted by molar-refractivity contribution is -0.917. The van der Waals surface area contributed by atoms with E-state index >= 15 is 0 Å². The molecule has 0 saturated carbocycles. The summed E-state index contributed by atoms with van der Waals surface area (Å²) < 4.78 is 5.23. The Kier molecular flexibility index (Phi) is 4.63. The number of piperazine rings is 1. The molecule has 0 unspecified atom stereocenters. The molecule has 2 heterocycles. The maximum absolute atomic E-state index is 12.7. The standard InChI is InChI=1S/C21H23N3O2/c1-26-18-6-4-5-16(13-18)21(25)24-11-9-23(10-12-24)15-17-14-22-20-8-3-2-7-19(17)20/h2-8,13-14,22H,9-12,15H2,1H3/p+1. The number of carbonyl (C=O) groups excluding carboxylic acids is 1. The molecular formula is C21H24N3O2+. The third kappa shape index (κ3) is 3.30. The normalized spacial score (nSPS) is 15.3. The van der Waals surface area contributed by atoms with Crippen molar-refractivity contribution in [3.8, 4) is 5.75 Å². The Morgan fingerprint density at radius 2 is 1.96 bits per heavy atom. The Labute approximate surface area is 153 Å². The first-order valence-corrected chi connectivity index (χ1v) is 9.06. The predicted molar refractivity (Wildman–Crippen MR) is 102 cm³/mol. The van der Waals surface area contributed by atoms with Gasteiger partial charge in [0, 0.05) is 28.2 Å². The molecule has 1 amide bonds. The number of nitrogens with zero attached hydrogens (tertiary/aromatic N) is 1. The fourth-order valence-electron chi connectivity index (χ4n) is 3.69. The molecule has 1 aliphatic heterocycles. The molecule has 3 aromatic rings.